The van der Waals surface area contributed by atoms with E-state index < -0.39 is 5.82 Å². The molecule has 2 rings (SSSR count). The van der Waals surface area contributed by atoms with Crippen LogP contribution in [0.1, 0.15) is 20.9 Å². The van der Waals surface area contributed by atoms with E-state index in [9.17, 15) is 9.18 Å². The Morgan fingerprint density at radius 2 is 2.26 bits per heavy atom. The zero-order valence-electron chi connectivity index (χ0n) is 10.7. The molecule has 0 unspecified atom stereocenters. The summed E-state index contributed by atoms with van der Waals surface area (Å²) in [6, 6.07) is 4.08. The summed E-state index contributed by atoms with van der Waals surface area (Å²) in [6.07, 6.45) is 0. The molecule has 0 fully saturated rings. The number of rotatable bonds is 3. The predicted molar refractivity (Wildman–Crippen MR) is 73.5 cm³/mol. The van der Waals surface area contributed by atoms with Crippen molar-refractivity contribution in [2.24, 2.45) is 0 Å². The summed E-state index contributed by atoms with van der Waals surface area (Å²) < 4.78 is 13.3. The summed E-state index contributed by atoms with van der Waals surface area (Å²) in [5.41, 5.74) is 8.37. The minimum Gasteiger partial charge on any atom is -0.396 e. The van der Waals surface area contributed by atoms with Gasteiger partial charge in [-0.15, -0.1) is 11.3 Å². The summed E-state index contributed by atoms with van der Waals surface area (Å²) in [5, 5.41) is 0. The second-order valence-corrected chi connectivity index (χ2v) is 5.20. The fourth-order valence-electron chi connectivity index (χ4n) is 1.65. The van der Waals surface area contributed by atoms with E-state index in [2.05, 4.69) is 4.98 Å². The Balaban J connectivity index is 2.15. The quantitative estimate of drug-likeness (QED) is 0.878. The highest BCUT2D eigenvalue weighted by Crippen LogP contribution is 2.17. The van der Waals surface area contributed by atoms with Gasteiger partial charge in [-0.25, -0.2) is 9.37 Å². The maximum atomic E-state index is 13.3. The third kappa shape index (κ3) is 2.90. The number of nitrogens with two attached hydrogens (primary N) is 1. The average Bonchev–Trinajstić information content (AvgIpc) is 2.77. The first kappa shape index (κ1) is 13.5. The van der Waals surface area contributed by atoms with Gasteiger partial charge in [0, 0.05) is 17.5 Å². The van der Waals surface area contributed by atoms with Crippen LogP contribution in [0.25, 0.3) is 0 Å². The van der Waals surface area contributed by atoms with E-state index in [0.717, 1.165) is 16.6 Å². The number of carbonyl (C=O) groups is 1. The molecule has 4 nitrogen and oxygen atoms in total. The summed E-state index contributed by atoms with van der Waals surface area (Å²) in [7, 11) is 1.68. The molecule has 19 heavy (non-hydrogen) atoms. The predicted octanol–water partition coefficient (Wildman–Crippen LogP) is 2.45. The molecule has 100 valence electrons. The van der Waals surface area contributed by atoms with E-state index in [-0.39, 0.29) is 17.2 Å². The first-order valence-electron chi connectivity index (χ1n) is 5.68. The van der Waals surface area contributed by atoms with Crippen LogP contribution in [0, 0.1) is 12.7 Å². The molecule has 0 aliphatic carbocycles. The standard InChI is InChI=1S/C13H14FN3OS/c1-8-12(19-7-16-8)6-17(2)13(18)9-3-4-11(15)10(14)5-9/h3-5,7H,6,15H2,1-2H3. The number of halogens is 1. The van der Waals surface area contributed by atoms with Crippen LogP contribution in [0.4, 0.5) is 10.1 Å². The van der Waals surface area contributed by atoms with Crippen molar-refractivity contribution in [3.8, 4) is 0 Å². The van der Waals surface area contributed by atoms with Crippen molar-refractivity contribution in [2.45, 2.75) is 13.5 Å². The zero-order chi connectivity index (χ0) is 14.0. The van der Waals surface area contributed by atoms with Gasteiger partial charge in [-0.3, -0.25) is 4.79 Å². The molecule has 2 aromatic rings. The second kappa shape index (κ2) is 5.36. The summed E-state index contributed by atoms with van der Waals surface area (Å²) >= 11 is 1.50. The Hall–Kier alpha value is -1.95. The van der Waals surface area contributed by atoms with E-state index in [1.54, 1.807) is 12.6 Å². The van der Waals surface area contributed by atoms with Crippen LogP contribution >= 0.6 is 11.3 Å². The molecule has 1 aromatic heterocycles. The summed E-state index contributed by atoms with van der Waals surface area (Å²) in [4.78, 5) is 18.8. The third-order valence-electron chi connectivity index (χ3n) is 2.82. The number of aromatic nitrogens is 1. The van der Waals surface area contributed by atoms with Crippen molar-refractivity contribution in [1.29, 1.82) is 0 Å². The summed E-state index contributed by atoms with van der Waals surface area (Å²) in [6.45, 7) is 2.36. The van der Waals surface area contributed by atoms with Gasteiger partial charge in [0.05, 0.1) is 23.4 Å². The lowest BCUT2D eigenvalue weighted by Crippen LogP contribution is -2.26. The molecule has 0 bridgehead atoms. The second-order valence-electron chi connectivity index (χ2n) is 4.26. The largest absolute Gasteiger partial charge is 0.396 e. The Kier molecular flexibility index (Phi) is 3.80. The first-order valence-corrected chi connectivity index (χ1v) is 6.56. The molecule has 0 radical (unpaired) electrons. The first-order chi connectivity index (χ1) is 8.99. The van der Waals surface area contributed by atoms with E-state index in [1.165, 1.54) is 28.4 Å². The molecule has 1 aromatic carbocycles. The monoisotopic (exact) mass is 279 g/mol. The van der Waals surface area contributed by atoms with Crippen molar-refractivity contribution in [2.75, 3.05) is 12.8 Å². The van der Waals surface area contributed by atoms with Crippen LogP contribution in [0.5, 0.6) is 0 Å². The fraction of sp³-hybridized carbons (Fsp3) is 0.231. The van der Waals surface area contributed by atoms with Gasteiger partial charge in [-0.1, -0.05) is 0 Å². The number of benzene rings is 1. The highest BCUT2D eigenvalue weighted by atomic mass is 32.1. The highest BCUT2D eigenvalue weighted by molar-refractivity contribution is 7.09. The molecular formula is C13H14FN3OS. The maximum absolute atomic E-state index is 13.3. The molecule has 0 aliphatic rings. The number of nitrogens with zero attached hydrogens (tertiary/aromatic N) is 2. The van der Waals surface area contributed by atoms with Crippen LogP contribution in [0.2, 0.25) is 0 Å². The lowest BCUT2D eigenvalue weighted by Gasteiger charge is -2.16. The maximum Gasteiger partial charge on any atom is 0.254 e. The minimum absolute atomic E-state index is 0.0394. The Labute approximate surface area is 114 Å². The number of hydrogen-bond acceptors (Lipinski definition) is 4. The highest BCUT2D eigenvalue weighted by Gasteiger charge is 2.15. The van der Waals surface area contributed by atoms with Crippen LogP contribution in [-0.4, -0.2) is 22.8 Å². The van der Waals surface area contributed by atoms with E-state index in [4.69, 9.17) is 5.73 Å². The van der Waals surface area contributed by atoms with Crippen LogP contribution in [0.15, 0.2) is 23.7 Å². The van der Waals surface area contributed by atoms with E-state index in [1.807, 2.05) is 6.92 Å². The van der Waals surface area contributed by atoms with Gasteiger partial charge in [0.15, 0.2) is 0 Å². The van der Waals surface area contributed by atoms with Gasteiger partial charge in [0.25, 0.3) is 5.91 Å². The molecule has 1 amide bonds. The summed E-state index contributed by atoms with van der Waals surface area (Å²) in [5.74, 6) is -0.820. The number of hydrogen-bond donors (Lipinski definition) is 1. The normalized spacial score (nSPS) is 10.5. The number of carbonyl (C=O) groups excluding carboxylic acids is 1. The van der Waals surface area contributed by atoms with Gasteiger partial charge in [0.1, 0.15) is 5.82 Å². The fourth-order valence-corrected chi connectivity index (χ4v) is 2.48. The van der Waals surface area contributed by atoms with Gasteiger partial charge in [0.2, 0.25) is 0 Å². The zero-order valence-corrected chi connectivity index (χ0v) is 11.5. The van der Waals surface area contributed by atoms with Crippen molar-refractivity contribution < 1.29 is 9.18 Å². The van der Waals surface area contributed by atoms with Crippen LogP contribution < -0.4 is 5.73 Å². The SMILES string of the molecule is Cc1ncsc1CN(C)C(=O)c1ccc(N)c(F)c1. The molecule has 0 spiro atoms. The van der Waals surface area contributed by atoms with Crippen LogP contribution in [-0.2, 0) is 6.54 Å². The molecule has 0 atom stereocenters. The third-order valence-corrected chi connectivity index (χ3v) is 3.74. The van der Waals surface area contributed by atoms with E-state index in [0.29, 0.717) is 6.54 Å². The lowest BCUT2D eigenvalue weighted by atomic mass is 10.1. The van der Waals surface area contributed by atoms with Gasteiger partial charge in [-0.05, 0) is 25.1 Å². The van der Waals surface area contributed by atoms with Crippen LogP contribution in [0.3, 0.4) is 0 Å². The lowest BCUT2D eigenvalue weighted by molar-refractivity contribution is 0.0786. The minimum atomic E-state index is -0.576. The number of nitrogen functional groups attached to an aromatic ring is 1. The molecule has 0 aliphatic heterocycles. The van der Waals surface area contributed by atoms with E-state index >= 15 is 0 Å². The average molecular weight is 279 g/mol. The number of anilines is 1. The molecule has 1 heterocycles. The Morgan fingerprint density at radius 1 is 1.53 bits per heavy atom. The Bertz CT molecular complexity index is 612. The number of aryl methyl sites for hydroxylation is 1. The van der Waals surface area contributed by atoms with Crippen molar-refractivity contribution in [1.82, 2.24) is 9.88 Å². The van der Waals surface area contributed by atoms with Crippen molar-refractivity contribution in [3.63, 3.8) is 0 Å². The van der Waals surface area contributed by atoms with Gasteiger partial charge < -0.3 is 10.6 Å². The molecule has 6 heteroatoms. The topological polar surface area (TPSA) is 59.2 Å². The number of thiazole rings is 1. The van der Waals surface area contributed by atoms with Gasteiger partial charge in [-0.2, -0.15) is 0 Å². The molecular weight excluding hydrogens is 265 g/mol. The van der Waals surface area contributed by atoms with Crippen molar-refractivity contribution >= 4 is 22.9 Å². The smallest absolute Gasteiger partial charge is 0.254 e. The molecule has 0 saturated heterocycles. The van der Waals surface area contributed by atoms with Gasteiger partial charge >= 0.3 is 0 Å². The molecule has 0 saturated carbocycles. The molecule has 2 N–H and O–H groups in total. The Morgan fingerprint density at radius 3 is 2.84 bits per heavy atom. The number of amides is 1. The van der Waals surface area contributed by atoms with Crippen molar-refractivity contribution in [3.05, 3.63) is 45.7 Å².